The molecule has 0 radical (unpaired) electrons. The molecule has 0 fully saturated rings. The van der Waals surface area contributed by atoms with Crippen molar-refractivity contribution in [3.63, 3.8) is 0 Å². The van der Waals surface area contributed by atoms with Gasteiger partial charge in [-0.25, -0.2) is 15.0 Å². The largest absolute Gasteiger partial charge is 0.208 e. The number of aromatic nitrogens is 3. The van der Waals surface area contributed by atoms with Crippen molar-refractivity contribution < 1.29 is 0 Å². The Morgan fingerprint density at radius 1 is 0.356 bits per heavy atom. The number of rotatable bonds is 4. The van der Waals surface area contributed by atoms with Crippen LogP contribution in [0.4, 0.5) is 0 Å². The molecule has 0 aliphatic carbocycles. The van der Waals surface area contributed by atoms with Crippen molar-refractivity contribution in [3.8, 4) is 45.3 Å². The molecule has 9 aromatic rings. The number of benzene rings is 7. The minimum Gasteiger partial charge on any atom is -0.208 e. The lowest BCUT2D eigenvalue weighted by atomic mass is 9.96. The van der Waals surface area contributed by atoms with Crippen LogP contribution in [0.1, 0.15) is 0 Å². The Kier molecular flexibility index (Phi) is 6.00. The van der Waals surface area contributed by atoms with Crippen LogP contribution in [-0.2, 0) is 0 Å². The highest BCUT2D eigenvalue weighted by molar-refractivity contribution is 7.26. The van der Waals surface area contributed by atoms with Crippen LogP contribution in [0.3, 0.4) is 0 Å². The van der Waals surface area contributed by atoms with Gasteiger partial charge in [-0.05, 0) is 56.9 Å². The third-order valence-electron chi connectivity index (χ3n) is 8.52. The van der Waals surface area contributed by atoms with Crippen LogP contribution < -0.4 is 0 Å². The summed E-state index contributed by atoms with van der Waals surface area (Å²) in [5.74, 6) is 2.01. The van der Waals surface area contributed by atoms with Crippen molar-refractivity contribution in [2.45, 2.75) is 0 Å². The summed E-state index contributed by atoms with van der Waals surface area (Å²) in [6, 6.07) is 53.4. The van der Waals surface area contributed by atoms with Gasteiger partial charge in [0.1, 0.15) is 0 Å². The normalized spacial score (nSPS) is 11.6. The number of hydrogen-bond donors (Lipinski definition) is 0. The molecule has 0 saturated heterocycles. The number of nitrogens with zero attached hydrogens (tertiary/aromatic N) is 3. The third-order valence-corrected chi connectivity index (χ3v) is 9.74. The van der Waals surface area contributed by atoms with Crippen molar-refractivity contribution >= 4 is 53.1 Å². The Labute approximate surface area is 264 Å². The first-order valence-electron chi connectivity index (χ1n) is 15.0. The highest BCUT2D eigenvalue weighted by Gasteiger charge is 2.17. The summed E-state index contributed by atoms with van der Waals surface area (Å²) in [6.45, 7) is 0. The molecule has 45 heavy (non-hydrogen) atoms. The van der Waals surface area contributed by atoms with Crippen LogP contribution in [0.15, 0.2) is 152 Å². The molecule has 0 aliphatic rings. The fourth-order valence-corrected chi connectivity index (χ4v) is 7.48. The molecule has 0 aliphatic heterocycles. The Morgan fingerprint density at radius 3 is 1.87 bits per heavy atom. The number of hydrogen-bond acceptors (Lipinski definition) is 4. The first kappa shape index (κ1) is 25.8. The maximum absolute atomic E-state index is 5.20. The maximum atomic E-state index is 5.20. The van der Waals surface area contributed by atoms with Gasteiger partial charge in [0.05, 0.1) is 0 Å². The monoisotopic (exact) mass is 591 g/mol. The Bertz CT molecular complexity index is 2550. The van der Waals surface area contributed by atoms with Crippen molar-refractivity contribution in [1.29, 1.82) is 0 Å². The SMILES string of the molecule is c1ccc(-c2nc(-c3cccc4ccc(-c5ccc6ccccc6c5)cc34)nc(-c3cccc4c3sc3ccccc34)n2)cc1. The molecule has 210 valence electrons. The van der Waals surface area contributed by atoms with E-state index in [1.54, 1.807) is 11.3 Å². The third kappa shape index (κ3) is 4.46. The molecule has 2 heterocycles. The molecule has 0 bridgehead atoms. The smallest absolute Gasteiger partial charge is 0.165 e. The van der Waals surface area contributed by atoms with Gasteiger partial charge in [0.25, 0.3) is 0 Å². The van der Waals surface area contributed by atoms with Crippen LogP contribution in [0, 0.1) is 0 Å². The van der Waals surface area contributed by atoms with E-state index in [9.17, 15) is 0 Å². The zero-order valence-corrected chi connectivity index (χ0v) is 25.0. The first-order valence-corrected chi connectivity index (χ1v) is 15.8. The van der Waals surface area contributed by atoms with E-state index in [0.717, 1.165) is 33.0 Å². The van der Waals surface area contributed by atoms with E-state index < -0.39 is 0 Å². The molecular weight excluding hydrogens is 567 g/mol. The summed E-state index contributed by atoms with van der Waals surface area (Å²) in [7, 11) is 0. The lowest BCUT2D eigenvalue weighted by molar-refractivity contribution is 1.08. The van der Waals surface area contributed by atoms with Crippen LogP contribution in [0.2, 0.25) is 0 Å². The van der Waals surface area contributed by atoms with Gasteiger partial charge in [-0.15, -0.1) is 11.3 Å². The van der Waals surface area contributed by atoms with Crippen LogP contribution in [0.5, 0.6) is 0 Å². The molecule has 2 aromatic heterocycles. The molecule has 0 spiro atoms. The van der Waals surface area contributed by atoms with Gasteiger partial charge in [0, 0.05) is 36.9 Å². The second kappa shape index (κ2) is 10.5. The highest BCUT2D eigenvalue weighted by Crippen LogP contribution is 2.40. The van der Waals surface area contributed by atoms with Gasteiger partial charge in [-0.3, -0.25) is 0 Å². The van der Waals surface area contributed by atoms with Gasteiger partial charge in [-0.2, -0.15) is 0 Å². The molecule has 7 aromatic carbocycles. The standard InChI is InChI=1S/C41H25N3S/c1-2-11-28(12-3-1)39-42-40(44-41(43-39)35-18-9-16-33-32-15-6-7-19-37(32)45-38(33)35)34-17-8-14-27-21-23-31(25-36(27)34)30-22-20-26-10-4-5-13-29(26)24-30/h1-25H. The van der Waals surface area contributed by atoms with Crippen molar-refractivity contribution in [2.24, 2.45) is 0 Å². The predicted octanol–water partition coefficient (Wildman–Crippen LogP) is 11.2. The second-order valence-electron chi connectivity index (χ2n) is 11.3. The fraction of sp³-hybridized carbons (Fsp3) is 0. The molecule has 9 rings (SSSR count). The maximum Gasteiger partial charge on any atom is 0.165 e. The summed E-state index contributed by atoms with van der Waals surface area (Å²) in [5.41, 5.74) is 5.31. The average Bonchev–Trinajstić information content (AvgIpc) is 3.50. The number of fused-ring (bicyclic) bond motifs is 5. The van der Waals surface area contributed by atoms with Gasteiger partial charge >= 0.3 is 0 Å². The van der Waals surface area contributed by atoms with E-state index in [2.05, 4.69) is 133 Å². The second-order valence-corrected chi connectivity index (χ2v) is 12.3. The zero-order valence-electron chi connectivity index (χ0n) is 24.2. The molecule has 4 heteroatoms. The Balaban J connectivity index is 1.27. The van der Waals surface area contributed by atoms with Gasteiger partial charge < -0.3 is 0 Å². The summed E-state index contributed by atoms with van der Waals surface area (Å²) >= 11 is 1.79. The molecule has 0 saturated carbocycles. The average molecular weight is 592 g/mol. The van der Waals surface area contributed by atoms with Crippen molar-refractivity contribution in [3.05, 3.63) is 152 Å². The van der Waals surface area contributed by atoms with Crippen molar-refractivity contribution in [1.82, 2.24) is 15.0 Å². The van der Waals surface area contributed by atoms with Crippen LogP contribution >= 0.6 is 11.3 Å². The fourth-order valence-electron chi connectivity index (χ4n) is 6.27. The van der Waals surface area contributed by atoms with Gasteiger partial charge in [0.2, 0.25) is 0 Å². The summed E-state index contributed by atoms with van der Waals surface area (Å²) in [4.78, 5) is 15.4. The predicted molar refractivity (Wildman–Crippen MR) is 189 cm³/mol. The molecule has 0 amide bonds. The number of thiophene rings is 1. The van der Waals surface area contributed by atoms with E-state index in [1.807, 2.05) is 18.2 Å². The van der Waals surface area contributed by atoms with E-state index in [-0.39, 0.29) is 0 Å². The molecule has 0 N–H and O–H groups in total. The van der Waals surface area contributed by atoms with Crippen molar-refractivity contribution in [2.75, 3.05) is 0 Å². The van der Waals surface area contributed by atoms with Gasteiger partial charge in [-0.1, -0.05) is 127 Å². The quantitative estimate of drug-likeness (QED) is 0.204. The summed E-state index contributed by atoms with van der Waals surface area (Å²) in [6.07, 6.45) is 0. The van der Waals surface area contributed by atoms with E-state index in [4.69, 9.17) is 15.0 Å². The summed E-state index contributed by atoms with van der Waals surface area (Å²) < 4.78 is 2.44. The Hall–Kier alpha value is -5.71. The Morgan fingerprint density at radius 2 is 0.978 bits per heavy atom. The van der Waals surface area contributed by atoms with Crippen LogP contribution in [0.25, 0.3) is 87.0 Å². The van der Waals surface area contributed by atoms with E-state index in [0.29, 0.717) is 17.5 Å². The molecular formula is C41H25N3S. The molecule has 0 atom stereocenters. The minimum absolute atomic E-state index is 0.663. The minimum atomic E-state index is 0.663. The first-order chi connectivity index (χ1) is 22.3. The molecule has 3 nitrogen and oxygen atoms in total. The highest BCUT2D eigenvalue weighted by atomic mass is 32.1. The van der Waals surface area contributed by atoms with Gasteiger partial charge in [0.15, 0.2) is 17.5 Å². The summed E-state index contributed by atoms with van der Waals surface area (Å²) in [5, 5.41) is 7.20. The van der Waals surface area contributed by atoms with E-state index in [1.165, 1.54) is 36.5 Å². The van der Waals surface area contributed by atoms with E-state index >= 15 is 0 Å². The van der Waals surface area contributed by atoms with Crippen LogP contribution in [-0.4, -0.2) is 15.0 Å². The molecule has 0 unspecified atom stereocenters. The topological polar surface area (TPSA) is 38.7 Å². The zero-order chi connectivity index (χ0) is 29.7. The lowest BCUT2D eigenvalue weighted by Crippen LogP contribution is -2.00. The lowest BCUT2D eigenvalue weighted by Gasteiger charge is -2.12.